The maximum absolute atomic E-state index is 10.3. The van der Waals surface area contributed by atoms with Gasteiger partial charge in [-0.25, -0.2) is 0 Å². The van der Waals surface area contributed by atoms with Gasteiger partial charge in [0.2, 0.25) is 0 Å². The molecule has 0 aliphatic carbocycles. The van der Waals surface area contributed by atoms with Gasteiger partial charge in [-0.15, -0.1) is 0 Å². The van der Waals surface area contributed by atoms with Crippen molar-refractivity contribution in [1.82, 2.24) is 0 Å². The van der Waals surface area contributed by atoms with Gasteiger partial charge in [0, 0.05) is 0 Å². The molecule has 1 heterocycles. The molecule has 0 saturated carbocycles. The van der Waals surface area contributed by atoms with Crippen LogP contribution in [0.5, 0.6) is 11.5 Å². The molecule has 1 aliphatic rings. The Kier molecular flexibility index (Phi) is 4.61. The fourth-order valence-corrected chi connectivity index (χ4v) is 1.97. The lowest BCUT2D eigenvalue weighted by Gasteiger charge is -2.11. The molecule has 0 bridgehead atoms. The van der Waals surface area contributed by atoms with Crippen LogP contribution in [0.2, 0.25) is 0 Å². The van der Waals surface area contributed by atoms with E-state index in [9.17, 15) is 9.90 Å². The van der Waals surface area contributed by atoms with Gasteiger partial charge in [-0.1, -0.05) is 24.3 Å². The Bertz CT molecular complexity index is 643. The van der Waals surface area contributed by atoms with Gasteiger partial charge in [-0.2, -0.15) is 0 Å². The number of hydrogen-bond acceptors (Lipinski definition) is 4. The normalized spacial score (nSPS) is 14.3. The number of carbonyl (C=O) groups is 1. The van der Waals surface area contributed by atoms with Crippen molar-refractivity contribution in [3.8, 4) is 11.5 Å². The summed E-state index contributed by atoms with van der Waals surface area (Å²) >= 11 is 0. The van der Waals surface area contributed by atoms with Crippen molar-refractivity contribution in [2.45, 2.75) is 13.8 Å². The van der Waals surface area contributed by atoms with E-state index in [-0.39, 0.29) is 18.0 Å². The maximum atomic E-state index is 10.3. The zero-order valence-corrected chi connectivity index (χ0v) is 11.9. The third-order valence-corrected chi connectivity index (χ3v) is 2.80. The fraction of sp³-hybridized carbons (Fsp3) is 0.118. The lowest BCUT2D eigenvalue weighted by molar-refractivity contribution is -0.120. The zero-order chi connectivity index (χ0) is 15.2. The summed E-state index contributed by atoms with van der Waals surface area (Å²) in [6, 6.07) is 4.80. The smallest absolute Gasteiger partial charge is 0.298 e. The highest BCUT2D eigenvalue weighted by Gasteiger charge is 2.03. The molecule has 0 unspecified atom stereocenters. The minimum absolute atomic E-state index is 0.0702. The van der Waals surface area contributed by atoms with Crippen molar-refractivity contribution in [1.29, 1.82) is 0 Å². The SMILES string of the molecule is CC1=CC(=CC=Cc2ccc(O)c(OC=O)c2)C=C(C)O1. The molecule has 1 aliphatic heterocycles. The summed E-state index contributed by atoms with van der Waals surface area (Å²) in [5, 5.41) is 9.50. The Morgan fingerprint density at radius 3 is 2.57 bits per heavy atom. The van der Waals surface area contributed by atoms with Gasteiger partial charge in [-0.05, 0) is 49.3 Å². The van der Waals surface area contributed by atoms with Crippen molar-refractivity contribution in [2.75, 3.05) is 0 Å². The minimum atomic E-state index is -0.0702. The lowest BCUT2D eigenvalue weighted by Crippen LogP contribution is -1.93. The van der Waals surface area contributed by atoms with Gasteiger partial charge in [0.15, 0.2) is 11.5 Å². The van der Waals surface area contributed by atoms with Crippen molar-refractivity contribution in [3.63, 3.8) is 0 Å². The first kappa shape index (κ1) is 14.7. The van der Waals surface area contributed by atoms with Crippen LogP contribution in [0.3, 0.4) is 0 Å². The molecule has 0 atom stereocenters. The quantitative estimate of drug-likeness (QED) is 0.856. The second-order valence-electron chi connectivity index (χ2n) is 4.58. The van der Waals surface area contributed by atoms with Gasteiger partial charge < -0.3 is 14.6 Å². The summed E-state index contributed by atoms with van der Waals surface area (Å²) in [7, 11) is 0. The van der Waals surface area contributed by atoms with E-state index in [0.717, 1.165) is 22.7 Å². The van der Waals surface area contributed by atoms with E-state index in [1.807, 2.05) is 44.2 Å². The average Bonchev–Trinajstić information content (AvgIpc) is 2.41. The Morgan fingerprint density at radius 2 is 1.90 bits per heavy atom. The van der Waals surface area contributed by atoms with Gasteiger partial charge in [0.05, 0.1) is 0 Å². The Balaban J connectivity index is 2.16. The zero-order valence-electron chi connectivity index (χ0n) is 11.9. The summed E-state index contributed by atoms with van der Waals surface area (Å²) in [5.74, 6) is 1.76. The maximum Gasteiger partial charge on any atom is 0.298 e. The highest BCUT2D eigenvalue weighted by atomic mass is 16.5. The summed E-state index contributed by atoms with van der Waals surface area (Å²) in [6.45, 7) is 4.09. The van der Waals surface area contributed by atoms with E-state index >= 15 is 0 Å². The number of ether oxygens (including phenoxy) is 2. The summed E-state index contributed by atoms with van der Waals surface area (Å²) in [6.07, 6.45) is 9.56. The molecular weight excluding hydrogens is 268 g/mol. The fourth-order valence-electron chi connectivity index (χ4n) is 1.97. The highest BCUT2D eigenvalue weighted by Crippen LogP contribution is 2.27. The predicted octanol–water partition coefficient (Wildman–Crippen LogP) is 3.70. The van der Waals surface area contributed by atoms with E-state index in [1.54, 1.807) is 12.1 Å². The summed E-state index contributed by atoms with van der Waals surface area (Å²) < 4.78 is 10.1. The summed E-state index contributed by atoms with van der Waals surface area (Å²) in [4.78, 5) is 10.3. The van der Waals surface area contributed by atoms with Crippen LogP contribution in [0, 0.1) is 0 Å². The van der Waals surface area contributed by atoms with E-state index in [2.05, 4.69) is 4.74 Å². The van der Waals surface area contributed by atoms with Crippen molar-refractivity contribution in [2.24, 2.45) is 0 Å². The molecular formula is C17H16O4. The molecule has 21 heavy (non-hydrogen) atoms. The van der Waals surface area contributed by atoms with E-state index < -0.39 is 0 Å². The first-order chi connectivity index (χ1) is 10.1. The van der Waals surface area contributed by atoms with Crippen molar-refractivity contribution >= 4 is 12.5 Å². The Morgan fingerprint density at radius 1 is 1.19 bits per heavy atom. The van der Waals surface area contributed by atoms with Crippen LogP contribution in [-0.2, 0) is 9.53 Å². The number of aromatic hydroxyl groups is 1. The molecule has 0 spiro atoms. The molecule has 2 rings (SSSR count). The molecule has 108 valence electrons. The van der Waals surface area contributed by atoms with Crippen LogP contribution < -0.4 is 4.74 Å². The second kappa shape index (κ2) is 6.61. The Labute approximate surface area is 123 Å². The predicted molar refractivity (Wildman–Crippen MR) is 80.5 cm³/mol. The van der Waals surface area contributed by atoms with Gasteiger partial charge in [0.25, 0.3) is 6.47 Å². The van der Waals surface area contributed by atoms with Crippen LogP contribution in [-0.4, -0.2) is 11.6 Å². The van der Waals surface area contributed by atoms with Crippen LogP contribution >= 0.6 is 0 Å². The molecule has 4 nitrogen and oxygen atoms in total. The number of carbonyl (C=O) groups excluding carboxylic acids is 1. The average molecular weight is 284 g/mol. The standard InChI is InChI=1S/C17H16O4/c1-12-8-15(9-13(2)21-12)5-3-4-14-6-7-16(19)17(10-14)20-11-18/h3-11,19H,1-2H3. The molecule has 1 aromatic rings. The number of phenolic OH excluding ortho intramolecular Hbond substituents is 1. The van der Waals surface area contributed by atoms with Gasteiger partial charge >= 0.3 is 0 Å². The van der Waals surface area contributed by atoms with E-state index in [4.69, 9.17) is 4.74 Å². The second-order valence-corrected chi connectivity index (χ2v) is 4.58. The van der Waals surface area contributed by atoms with Gasteiger partial charge in [-0.3, -0.25) is 4.79 Å². The lowest BCUT2D eigenvalue weighted by atomic mass is 10.1. The van der Waals surface area contributed by atoms with E-state index in [1.165, 1.54) is 6.07 Å². The first-order valence-electron chi connectivity index (χ1n) is 6.44. The topological polar surface area (TPSA) is 55.8 Å². The van der Waals surface area contributed by atoms with Gasteiger partial charge in [0.1, 0.15) is 11.5 Å². The monoisotopic (exact) mass is 284 g/mol. The largest absolute Gasteiger partial charge is 0.504 e. The molecule has 0 fully saturated rings. The minimum Gasteiger partial charge on any atom is -0.504 e. The van der Waals surface area contributed by atoms with Crippen LogP contribution in [0.15, 0.2) is 59.6 Å². The Hall–Kier alpha value is -2.75. The number of rotatable bonds is 4. The van der Waals surface area contributed by atoms with Crippen LogP contribution in [0.25, 0.3) is 6.08 Å². The first-order valence-corrected chi connectivity index (χ1v) is 6.44. The van der Waals surface area contributed by atoms with Crippen molar-refractivity contribution in [3.05, 3.63) is 65.2 Å². The number of hydrogen-bond donors (Lipinski definition) is 1. The van der Waals surface area contributed by atoms with Crippen LogP contribution in [0.1, 0.15) is 19.4 Å². The van der Waals surface area contributed by atoms with Crippen LogP contribution in [0.4, 0.5) is 0 Å². The summed E-state index contributed by atoms with van der Waals surface area (Å²) in [5.41, 5.74) is 1.85. The molecule has 0 amide bonds. The molecule has 1 N–H and O–H groups in total. The highest BCUT2D eigenvalue weighted by molar-refractivity contribution is 5.59. The third kappa shape index (κ3) is 4.11. The number of phenols is 1. The third-order valence-electron chi connectivity index (χ3n) is 2.80. The van der Waals surface area contributed by atoms with Crippen molar-refractivity contribution < 1.29 is 19.4 Å². The molecule has 0 aromatic heterocycles. The number of allylic oxidation sites excluding steroid dienone is 7. The molecule has 0 saturated heterocycles. The van der Waals surface area contributed by atoms with E-state index in [0.29, 0.717) is 0 Å². The molecule has 1 aromatic carbocycles. The molecule has 4 heteroatoms. The molecule has 0 radical (unpaired) electrons. The number of benzene rings is 1.